The van der Waals surface area contributed by atoms with Crippen molar-refractivity contribution in [3.8, 4) is 0 Å². The lowest BCUT2D eigenvalue weighted by Crippen LogP contribution is -2.55. The highest BCUT2D eigenvalue weighted by Gasteiger charge is 2.29. The zero-order chi connectivity index (χ0) is 14.0. The lowest BCUT2D eigenvalue weighted by Gasteiger charge is -2.34. The van der Waals surface area contributed by atoms with Gasteiger partial charge in [-0.15, -0.1) is 0 Å². The van der Waals surface area contributed by atoms with Gasteiger partial charge in [-0.2, -0.15) is 0 Å². The zero-order valence-electron chi connectivity index (χ0n) is 11.0. The number of carboxylic acid groups (broad SMARTS) is 1. The number of nitrogens with one attached hydrogen (secondary N) is 2. The number of anilines is 1. The molecule has 2 rings (SSSR count). The number of aromatic amines is 1. The third kappa shape index (κ3) is 2.93. The Labute approximate surface area is 110 Å². The normalized spacial score (nSPS) is 19.7. The lowest BCUT2D eigenvalue weighted by molar-refractivity contribution is -0.138. The van der Waals surface area contributed by atoms with Crippen LogP contribution in [0.1, 0.15) is 25.6 Å². The molecular formula is C12H18N4O3. The van der Waals surface area contributed by atoms with Gasteiger partial charge in [0.15, 0.2) is 0 Å². The molecule has 1 aromatic heterocycles. The van der Waals surface area contributed by atoms with Crippen molar-refractivity contribution in [1.82, 2.24) is 15.3 Å². The first-order valence-electron chi connectivity index (χ1n) is 6.30. The molecule has 1 aliphatic heterocycles. The number of aromatic nitrogens is 2. The van der Waals surface area contributed by atoms with Gasteiger partial charge in [-0.25, -0.2) is 9.78 Å². The molecule has 0 amide bonds. The first-order chi connectivity index (χ1) is 8.99. The van der Waals surface area contributed by atoms with Crippen molar-refractivity contribution in [3.05, 3.63) is 22.2 Å². The van der Waals surface area contributed by atoms with Gasteiger partial charge < -0.3 is 20.3 Å². The van der Waals surface area contributed by atoms with E-state index in [1.54, 1.807) is 4.90 Å². The van der Waals surface area contributed by atoms with Gasteiger partial charge >= 0.3 is 5.97 Å². The monoisotopic (exact) mass is 266 g/mol. The molecule has 1 saturated heterocycles. The van der Waals surface area contributed by atoms with Gasteiger partial charge in [0.25, 0.3) is 5.56 Å². The van der Waals surface area contributed by atoms with E-state index in [9.17, 15) is 14.7 Å². The first-order valence-corrected chi connectivity index (χ1v) is 6.30. The molecule has 3 N–H and O–H groups in total. The van der Waals surface area contributed by atoms with Crippen molar-refractivity contribution in [3.63, 3.8) is 0 Å². The highest BCUT2D eigenvalue weighted by Crippen LogP contribution is 2.16. The molecule has 7 nitrogen and oxygen atoms in total. The molecule has 0 bridgehead atoms. The Balaban J connectivity index is 2.38. The van der Waals surface area contributed by atoms with Crippen LogP contribution in [0.4, 0.5) is 5.82 Å². The van der Waals surface area contributed by atoms with Crippen LogP contribution < -0.4 is 15.8 Å². The summed E-state index contributed by atoms with van der Waals surface area (Å²) in [5.41, 5.74) is -0.253. The Morgan fingerprint density at radius 3 is 2.95 bits per heavy atom. The van der Waals surface area contributed by atoms with Crippen LogP contribution in [0.5, 0.6) is 0 Å². The van der Waals surface area contributed by atoms with E-state index in [1.165, 1.54) is 6.07 Å². The maximum Gasteiger partial charge on any atom is 0.327 e. The van der Waals surface area contributed by atoms with Crippen LogP contribution >= 0.6 is 0 Å². The molecule has 7 heteroatoms. The topological polar surface area (TPSA) is 98.3 Å². The SMILES string of the molecule is CC(C)c1nc(N2CCNCC2C(=O)O)cc(=O)[nH]1. The summed E-state index contributed by atoms with van der Waals surface area (Å²) in [6, 6.07) is 0.663. The molecule has 0 aliphatic carbocycles. The van der Waals surface area contributed by atoms with Crippen molar-refractivity contribution in [2.45, 2.75) is 25.8 Å². The van der Waals surface area contributed by atoms with Gasteiger partial charge in [0.1, 0.15) is 17.7 Å². The van der Waals surface area contributed by atoms with E-state index in [0.717, 1.165) is 0 Å². The molecule has 0 radical (unpaired) electrons. The molecular weight excluding hydrogens is 248 g/mol. The van der Waals surface area contributed by atoms with Crippen molar-refractivity contribution >= 4 is 11.8 Å². The second-order valence-electron chi connectivity index (χ2n) is 4.90. The van der Waals surface area contributed by atoms with E-state index in [4.69, 9.17) is 0 Å². The van der Waals surface area contributed by atoms with Gasteiger partial charge in [-0.3, -0.25) is 4.79 Å². The Morgan fingerprint density at radius 1 is 1.58 bits per heavy atom. The van der Waals surface area contributed by atoms with E-state index >= 15 is 0 Å². The van der Waals surface area contributed by atoms with E-state index in [-0.39, 0.29) is 11.5 Å². The highest BCUT2D eigenvalue weighted by atomic mass is 16.4. The number of H-pyrrole nitrogens is 1. The van der Waals surface area contributed by atoms with Gasteiger partial charge in [0.05, 0.1) is 0 Å². The minimum Gasteiger partial charge on any atom is -0.480 e. The van der Waals surface area contributed by atoms with Crippen LogP contribution in [0.25, 0.3) is 0 Å². The second kappa shape index (κ2) is 5.40. The lowest BCUT2D eigenvalue weighted by atomic mass is 10.2. The maximum atomic E-state index is 11.6. The third-order valence-electron chi connectivity index (χ3n) is 3.12. The van der Waals surface area contributed by atoms with Crippen LogP contribution in [0.3, 0.4) is 0 Å². The number of aliphatic carboxylic acids is 1. The highest BCUT2D eigenvalue weighted by molar-refractivity contribution is 5.78. The number of nitrogens with zero attached hydrogens (tertiary/aromatic N) is 2. The van der Waals surface area contributed by atoms with Crippen molar-refractivity contribution in [2.75, 3.05) is 24.5 Å². The van der Waals surface area contributed by atoms with E-state index < -0.39 is 12.0 Å². The summed E-state index contributed by atoms with van der Waals surface area (Å²) < 4.78 is 0. The Morgan fingerprint density at radius 2 is 2.32 bits per heavy atom. The Kier molecular flexibility index (Phi) is 3.84. The summed E-state index contributed by atoms with van der Waals surface area (Å²) >= 11 is 0. The van der Waals surface area contributed by atoms with Crippen LogP contribution in [0.2, 0.25) is 0 Å². The van der Waals surface area contributed by atoms with Crippen LogP contribution in [-0.2, 0) is 4.79 Å². The number of hydrogen-bond donors (Lipinski definition) is 3. The minimum absolute atomic E-state index is 0.0823. The maximum absolute atomic E-state index is 11.6. The molecule has 1 atom stereocenters. The van der Waals surface area contributed by atoms with Crippen molar-refractivity contribution in [1.29, 1.82) is 0 Å². The van der Waals surface area contributed by atoms with Gasteiger partial charge in [-0.05, 0) is 0 Å². The smallest absolute Gasteiger partial charge is 0.327 e. The van der Waals surface area contributed by atoms with E-state index in [2.05, 4.69) is 15.3 Å². The molecule has 0 aromatic carbocycles. The van der Waals surface area contributed by atoms with E-state index in [0.29, 0.717) is 31.3 Å². The number of hydrogen-bond acceptors (Lipinski definition) is 5. The average Bonchev–Trinajstić information content (AvgIpc) is 2.37. The predicted molar refractivity (Wildman–Crippen MR) is 70.6 cm³/mol. The fraction of sp³-hybridized carbons (Fsp3) is 0.583. The summed E-state index contributed by atoms with van der Waals surface area (Å²) in [5.74, 6) is 0.172. The quantitative estimate of drug-likeness (QED) is 0.698. The predicted octanol–water partition coefficient (Wildman–Crippen LogP) is -0.244. The van der Waals surface area contributed by atoms with E-state index in [1.807, 2.05) is 13.8 Å². The van der Waals surface area contributed by atoms with Crippen LogP contribution in [0, 0.1) is 0 Å². The van der Waals surface area contributed by atoms with Gasteiger partial charge in [0.2, 0.25) is 0 Å². The Hall–Kier alpha value is -1.89. The minimum atomic E-state index is -0.916. The summed E-state index contributed by atoms with van der Waals surface area (Å²) in [4.78, 5) is 31.6. The van der Waals surface area contributed by atoms with Crippen molar-refractivity contribution in [2.24, 2.45) is 0 Å². The number of piperazine rings is 1. The van der Waals surface area contributed by atoms with Crippen LogP contribution in [0.15, 0.2) is 10.9 Å². The molecule has 19 heavy (non-hydrogen) atoms. The van der Waals surface area contributed by atoms with Gasteiger partial charge in [-0.1, -0.05) is 13.8 Å². The number of carbonyl (C=O) groups is 1. The Bertz CT molecular complexity index is 526. The molecule has 1 aromatic rings. The summed E-state index contributed by atoms with van der Waals surface area (Å²) in [6.07, 6.45) is 0. The molecule has 0 saturated carbocycles. The second-order valence-corrected chi connectivity index (χ2v) is 4.90. The molecule has 2 heterocycles. The van der Waals surface area contributed by atoms with Crippen LogP contribution in [-0.4, -0.2) is 46.7 Å². The fourth-order valence-corrected chi connectivity index (χ4v) is 2.08. The average molecular weight is 266 g/mol. The summed E-state index contributed by atoms with van der Waals surface area (Å²) in [6.45, 7) is 5.39. The molecule has 104 valence electrons. The molecule has 0 spiro atoms. The van der Waals surface area contributed by atoms with Gasteiger partial charge in [0, 0.05) is 31.6 Å². The van der Waals surface area contributed by atoms with Crippen molar-refractivity contribution < 1.29 is 9.90 Å². The summed E-state index contributed by atoms with van der Waals surface area (Å²) in [7, 11) is 0. The molecule has 1 unspecified atom stereocenters. The standard InChI is InChI=1S/C12H18N4O3/c1-7(2)11-14-9(5-10(17)15-11)16-4-3-13-6-8(16)12(18)19/h5,7-8,13H,3-4,6H2,1-2H3,(H,18,19)(H,14,15,17). The third-order valence-corrected chi connectivity index (χ3v) is 3.12. The number of rotatable bonds is 3. The first kappa shape index (κ1) is 13.5. The summed E-state index contributed by atoms with van der Waals surface area (Å²) in [5, 5.41) is 12.3. The number of carboxylic acids is 1. The molecule has 1 aliphatic rings. The fourth-order valence-electron chi connectivity index (χ4n) is 2.08. The molecule has 1 fully saturated rings. The zero-order valence-corrected chi connectivity index (χ0v) is 11.0. The largest absolute Gasteiger partial charge is 0.480 e.